The molecule has 2 aliphatic carbocycles. The van der Waals surface area contributed by atoms with Crippen molar-refractivity contribution in [2.24, 2.45) is 28.0 Å². The van der Waals surface area contributed by atoms with Gasteiger partial charge >= 0.3 is 0 Å². The van der Waals surface area contributed by atoms with Gasteiger partial charge < -0.3 is 0 Å². The van der Waals surface area contributed by atoms with Gasteiger partial charge in [-0.15, -0.1) is 0 Å². The molecule has 0 spiro atoms. The lowest BCUT2D eigenvalue weighted by molar-refractivity contribution is 0.236. The Morgan fingerprint density at radius 3 is 2.00 bits per heavy atom. The van der Waals surface area contributed by atoms with Crippen LogP contribution in [0.25, 0.3) is 0 Å². The molecule has 0 aromatic heterocycles. The molecule has 22 heavy (non-hydrogen) atoms. The van der Waals surface area contributed by atoms with Crippen molar-refractivity contribution >= 4 is 0 Å². The van der Waals surface area contributed by atoms with Gasteiger partial charge in [0.2, 0.25) is 0 Å². The summed E-state index contributed by atoms with van der Waals surface area (Å²) in [7, 11) is 0. The van der Waals surface area contributed by atoms with E-state index in [0.29, 0.717) is 12.0 Å². The van der Waals surface area contributed by atoms with Crippen LogP contribution in [0.1, 0.15) is 30.4 Å². The average molecular weight is 288 g/mol. The summed E-state index contributed by atoms with van der Waals surface area (Å²) >= 11 is 0. The van der Waals surface area contributed by atoms with E-state index in [1.165, 1.54) is 30.4 Å². The van der Waals surface area contributed by atoms with Crippen molar-refractivity contribution in [3.63, 3.8) is 0 Å². The largest absolute Gasteiger partial charge is 0.189 e. The van der Waals surface area contributed by atoms with Gasteiger partial charge in [0.1, 0.15) is 5.54 Å². The summed E-state index contributed by atoms with van der Waals surface area (Å²) < 4.78 is 0. The minimum Gasteiger partial charge on any atom is -0.189 e. The predicted octanol–water partition coefficient (Wildman–Crippen LogP) is 4.81. The molecule has 0 radical (unpaired) electrons. The molecule has 1 aliphatic heterocycles. The maximum atomic E-state index is 4.96. The fraction of sp³-hybridized carbons (Fsp3) is 0.400. The number of rotatable bonds is 2. The second kappa shape index (κ2) is 4.52. The first kappa shape index (κ1) is 12.6. The Morgan fingerprint density at radius 2 is 1.36 bits per heavy atom. The Kier molecular flexibility index (Phi) is 2.58. The third-order valence-corrected chi connectivity index (χ3v) is 6.13. The van der Waals surface area contributed by atoms with Gasteiger partial charge in [0.05, 0.1) is 6.04 Å². The summed E-state index contributed by atoms with van der Waals surface area (Å²) in [4.78, 5) is 0. The fourth-order valence-electron chi connectivity index (χ4n) is 5.29. The lowest BCUT2D eigenvalue weighted by atomic mass is 9.66. The molecule has 1 heterocycles. The van der Waals surface area contributed by atoms with Crippen molar-refractivity contribution in [2.75, 3.05) is 0 Å². The van der Waals surface area contributed by atoms with Crippen LogP contribution in [-0.4, -0.2) is 6.04 Å². The first-order valence-corrected chi connectivity index (χ1v) is 8.42. The summed E-state index contributed by atoms with van der Waals surface area (Å²) in [6.45, 7) is 0. The van der Waals surface area contributed by atoms with Crippen molar-refractivity contribution in [1.82, 2.24) is 0 Å². The molecule has 2 bridgehead atoms. The van der Waals surface area contributed by atoms with Gasteiger partial charge in [-0.2, -0.15) is 10.2 Å². The molecule has 0 N–H and O–H groups in total. The molecule has 5 rings (SSSR count). The highest BCUT2D eigenvalue weighted by Crippen LogP contribution is 2.62. The van der Waals surface area contributed by atoms with Gasteiger partial charge in [-0.05, 0) is 42.2 Å². The minimum absolute atomic E-state index is 0.257. The SMILES string of the molecule is c1ccc(C2(c3ccccc3)N=N[C@H]3[C@H]4CC[C@H](C4)[C@@H]32)cc1. The third kappa shape index (κ3) is 1.50. The Labute approximate surface area is 131 Å². The summed E-state index contributed by atoms with van der Waals surface area (Å²) in [6, 6.07) is 22.1. The van der Waals surface area contributed by atoms with E-state index >= 15 is 0 Å². The maximum absolute atomic E-state index is 4.96. The standard InChI is InChI=1S/C20H20N2/c1-3-7-16(8-4-1)20(17-9-5-2-6-10-17)18-14-11-12-15(13-14)19(18)21-22-20/h1-10,14-15,18-19H,11-13H2/t14-,15+,18+,19+/m1/s1. The zero-order chi connectivity index (χ0) is 14.6. The van der Waals surface area contributed by atoms with Crippen LogP contribution in [-0.2, 0) is 5.54 Å². The molecule has 2 aromatic rings. The molecule has 0 saturated heterocycles. The van der Waals surface area contributed by atoms with Crippen LogP contribution in [0.2, 0.25) is 0 Å². The molecule has 2 heteroatoms. The number of benzene rings is 2. The highest BCUT2D eigenvalue weighted by molar-refractivity contribution is 5.42. The first-order valence-electron chi connectivity index (χ1n) is 8.42. The monoisotopic (exact) mass is 288 g/mol. The number of fused-ring (bicyclic) bond motifs is 5. The Hall–Kier alpha value is -1.96. The number of nitrogens with zero attached hydrogens (tertiary/aromatic N) is 2. The van der Waals surface area contributed by atoms with E-state index in [1.54, 1.807) is 0 Å². The van der Waals surface area contributed by atoms with Crippen molar-refractivity contribution in [1.29, 1.82) is 0 Å². The molecular formula is C20H20N2. The van der Waals surface area contributed by atoms with E-state index in [0.717, 1.165) is 11.8 Å². The second-order valence-electron chi connectivity index (χ2n) is 7.06. The van der Waals surface area contributed by atoms with E-state index in [2.05, 4.69) is 60.7 Å². The first-order chi connectivity index (χ1) is 10.9. The number of hydrogen-bond donors (Lipinski definition) is 0. The van der Waals surface area contributed by atoms with Crippen LogP contribution in [0.5, 0.6) is 0 Å². The molecule has 2 aromatic carbocycles. The normalized spacial score (nSPS) is 34.0. The predicted molar refractivity (Wildman–Crippen MR) is 86.6 cm³/mol. The fourth-order valence-corrected chi connectivity index (χ4v) is 5.29. The molecule has 4 atom stereocenters. The van der Waals surface area contributed by atoms with Crippen LogP contribution in [0.4, 0.5) is 0 Å². The molecule has 0 amide bonds. The van der Waals surface area contributed by atoms with Gasteiger partial charge in [-0.3, -0.25) is 0 Å². The Balaban J connectivity index is 1.73. The van der Waals surface area contributed by atoms with E-state index in [9.17, 15) is 0 Å². The lowest BCUT2D eigenvalue weighted by Crippen LogP contribution is -2.39. The summed E-state index contributed by atoms with van der Waals surface area (Å²) in [5.74, 6) is 2.11. The number of hydrogen-bond acceptors (Lipinski definition) is 2. The molecule has 2 nitrogen and oxygen atoms in total. The van der Waals surface area contributed by atoms with Crippen molar-refractivity contribution in [2.45, 2.75) is 30.8 Å². The third-order valence-electron chi connectivity index (χ3n) is 6.13. The van der Waals surface area contributed by atoms with E-state index in [-0.39, 0.29) is 5.54 Å². The van der Waals surface area contributed by atoms with Crippen LogP contribution >= 0.6 is 0 Å². The lowest BCUT2D eigenvalue weighted by Gasteiger charge is -2.37. The molecule has 3 aliphatic rings. The average Bonchev–Trinajstić information content (AvgIpc) is 3.29. The summed E-state index contributed by atoms with van der Waals surface area (Å²) in [5, 5.41) is 9.77. The molecular weight excluding hydrogens is 268 g/mol. The second-order valence-corrected chi connectivity index (χ2v) is 7.06. The zero-order valence-corrected chi connectivity index (χ0v) is 12.6. The molecule has 2 saturated carbocycles. The van der Waals surface area contributed by atoms with Gasteiger partial charge in [0.25, 0.3) is 0 Å². The van der Waals surface area contributed by atoms with Crippen LogP contribution < -0.4 is 0 Å². The topological polar surface area (TPSA) is 24.7 Å². The molecule has 110 valence electrons. The maximum Gasteiger partial charge on any atom is 0.136 e. The smallest absolute Gasteiger partial charge is 0.136 e. The zero-order valence-electron chi connectivity index (χ0n) is 12.6. The molecule has 2 fully saturated rings. The van der Waals surface area contributed by atoms with Gasteiger partial charge in [0.15, 0.2) is 0 Å². The summed E-state index contributed by atoms with van der Waals surface area (Å²) in [5.41, 5.74) is 2.36. The van der Waals surface area contributed by atoms with Gasteiger partial charge in [-0.1, -0.05) is 60.7 Å². The van der Waals surface area contributed by atoms with E-state index in [4.69, 9.17) is 10.2 Å². The van der Waals surface area contributed by atoms with Crippen molar-refractivity contribution < 1.29 is 0 Å². The Bertz CT molecular complexity index is 668. The Morgan fingerprint density at radius 1 is 0.773 bits per heavy atom. The van der Waals surface area contributed by atoms with E-state index < -0.39 is 0 Å². The van der Waals surface area contributed by atoms with Crippen molar-refractivity contribution in [3.05, 3.63) is 71.8 Å². The van der Waals surface area contributed by atoms with Gasteiger partial charge in [0, 0.05) is 5.92 Å². The quantitative estimate of drug-likeness (QED) is 0.757. The minimum atomic E-state index is -0.257. The molecule has 0 unspecified atom stereocenters. The van der Waals surface area contributed by atoms with Crippen molar-refractivity contribution in [3.8, 4) is 0 Å². The van der Waals surface area contributed by atoms with Crippen LogP contribution in [0.15, 0.2) is 70.9 Å². The van der Waals surface area contributed by atoms with E-state index in [1.807, 2.05) is 0 Å². The number of azo groups is 1. The van der Waals surface area contributed by atoms with Crippen LogP contribution in [0.3, 0.4) is 0 Å². The highest BCUT2D eigenvalue weighted by Gasteiger charge is 2.61. The van der Waals surface area contributed by atoms with Gasteiger partial charge in [-0.25, -0.2) is 0 Å². The highest BCUT2D eigenvalue weighted by atomic mass is 15.2. The van der Waals surface area contributed by atoms with Crippen LogP contribution in [0, 0.1) is 17.8 Å². The summed E-state index contributed by atoms with van der Waals surface area (Å²) in [6.07, 6.45) is 4.07.